The molecule has 0 radical (unpaired) electrons. The minimum atomic E-state index is 0.0617. The van der Waals surface area contributed by atoms with Gasteiger partial charge in [0.05, 0.1) is 17.4 Å². The first kappa shape index (κ1) is 11.4. The van der Waals surface area contributed by atoms with E-state index in [0.717, 1.165) is 17.2 Å². The highest BCUT2D eigenvalue weighted by molar-refractivity contribution is 5.67. The fourth-order valence-corrected chi connectivity index (χ4v) is 1.78. The van der Waals surface area contributed by atoms with Crippen molar-refractivity contribution < 1.29 is 0 Å². The zero-order valence-corrected chi connectivity index (χ0v) is 10.3. The lowest BCUT2D eigenvalue weighted by molar-refractivity contribution is 0.719. The van der Waals surface area contributed by atoms with Crippen LogP contribution in [0, 0.1) is 6.92 Å². The summed E-state index contributed by atoms with van der Waals surface area (Å²) >= 11 is 0. The fraction of sp³-hybridized carbons (Fsp3) is 0.333. The number of aryl methyl sites for hydroxylation is 2. The number of hydrogen-bond acceptors (Lipinski definition) is 4. The van der Waals surface area contributed by atoms with E-state index in [-0.39, 0.29) is 6.04 Å². The molecular formula is C12H17N5. The van der Waals surface area contributed by atoms with Gasteiger partial charge in [0.2, 0.25) is 0 Å². The molecular weight excluding hydrogens is 214 g/mol. The Morgan fingerprint density at radius 1 is 1.41 bits per heavy atom. The van der Waals surface area contributed by atoms with E-state index in [1.54, 1.807) is 6.33 Å². The molecule has 1 aromatic heterocycles. The zero-order valence-electron chi connectivity index (χ0n) is 10.3. The molecule has 0 saturated carbocycles. The lowest BCUT2D eigenvalue weighted by atomic mass is 10.1. The standard InChI is InChI=1S/C12H17N5/c1-8-4-5-10(13)11(6-8)15-9(2)12-16-14-7-17(12)3/h4-7,9,15H,13H2,1-3H3. The van der Waals surface area contributed by atoms with E-state index >= 15 is 0 Å². The number of nitrogens with zero attached hydrogens (tertiary/aromatic N) is 3. The molecule has 0 spiro atoms. The molecule has 0 bridgehead atoms. The molecule has 2 rings (SSSR count). The summed E-state index contributed by atoms with van der Waals surface area (Å²) in [6, 6.07) is 5.99. The van der Waals surface area contributed by atoms with Crippen molar-refractivity contribution in [1.82, 2.24) is 14.8 Å². The minimum Gasteiger partial charge on any atom is -0.397 e. The normalized spacial score (nSPS) is 12.4. The van der Waals surface area contributed by atoms with Crippen molar-refractivity contribution in [1.29, 1.82) is 0 Å². The maximum Gasteiger partial charge on any atom is 0.154 e. The van der Waals surface area contributed by atoms with Gasteiger partial charge in [0.25, 0.3) is 0 Å². The van der Waals surface area contributed by atoms with E-state index < -0.39 is 0 Å². The van der Waals surface area contributed by atoms with Crippen LogP contribution < -0.4 is 11.1 Å². The number of aromatic nitrogens is 3. The van der Waals surface area contributed by atoms with Crippen molar-refractivity contribution in [3.05, 3.63) is 35.9 Å². The van der Waals surface area contributed by atoms with E-state index in [1.165, 1.54) is 5.56 Å². The van der Waals surface area contributed by atoms with Gasteiger partial charge in [0, 0.05) is 7.05 Å². The summed E-state index contributed by atoms with van der Waals surface area (Å²) in [5.74, 6) is 0.880. The number of benzene rings is 1. The lowest BCUT2D eigenvalue weighted by Crippen LogP contribution is -2.13. The molecule has 0 aliphatic carbocycles. The maximum absolute atomic E-state index is 5.92. The number of hydrogen-bond donors (Lipinski definition) is 2. The molecule has 0 amide bonds. The van der Waals surface area contributed by atoms with E-state index in [1.807, 2.05) is 43.7 Å². The molecule has 0 fully saturated rings. The summed E-state index contributed by atoms with van der Waals surface area (Å²) < 4.78 is 1.89. The Balaban J connectivity index is 2.21. The lowest BCUT2D eigenvalue weighted by Gasteiger charge is -2.16. The van der Waals surface area contributed by atoms with Crippen molar-refractivity contribution in [3.8, 4) is 0 Å². The van der Waals surface area contributed by atoms with Crippen molar-refractivity contribution in [2.24, 2.45) is 7.05 Å². The van der Waals surface area contributed by atoms with Crippen molar-refractivity contribution >= 4 is 11.4 Å². The first-order chi connectivity index (χ1) is 8.08. The number of nitrogen functional groups attached to an aromatic ring is 1. The number of rotatable bonds is 3. The van der Waals surface area contributed by atoms with Crippen LogP contribution >= 0.6 is 0 Å². The molecule has 90 valence electrons. The van der Waals surface area contributed by atoms with Gasteiger partial charge in [-0.05, 0) is 31.5 Å². The Bertz CT molecular complexity index is 517. The van der Waals surface area contributed by atoms with Crippen LogP contribution in [0.15, 0.2) is 24.5 Å². The first-order valence-electron chi connectivity index (χ1n) is 5.54. The predicted molar refractivity (Wildman–Crippen MR) is 68.6 cm³/mol. The van der Waals surface area contributed by atoms with Crippen molar-refractivity contribution in [2.75, 3.05) is 11.1 Å². The SMILES string of the molecule is Cc1ccc(N)c(NC(C)c2nncn2C)c1. The maximum atomic E-state index is 5.92. The van der Waals surface area contributed by atoms with Gasteiger partial charge in [-0.2, -0.15) is 0 Å². The number of nitrogens with two attached hydrogens (primary N) is 1. The molecule has 1 heterocycles. The Morgan fingerprint density at radius 2 is 2.18 bits per heavy atom. The number of anilines is 2. The van der Waals surface area contributed by atoms with E-state index in [0.29, 0.717) is 0 Å². The quantitative estimate of drug-likeness (QED) is 0.791. The molecule has 3 N–H and O–H groups in total. The molecule has 0 saturated heterocycles. The highest BCUT2D eigenvalue weighted by Gasteiger charge is 2.12. The van der Waals surface area contributed by atoms with Crippen LogP contribution in [0.2, 0.25) is 0 Å². The van der Waals surface area contributed by atoms with E-state index in [4.69, 9.17) is 5.73 Å². The minimum absolute atomic E-state index is 0.0617. The van der Waals surface area contributed by atoms with Crippen LogP contribution in [0.1, 0.15) is 24.4 Å². The van der Waals surface area contributed by atoms with Gasteiger partial charge in [0.1, 0.15) is 6.33 Å². The molecule has 1 unspecified atom stereocenters. The van der Waals surface area contributed by atoms with Crippen molar-refractivity contribution in [2.45, 2.75) is 19.9 Å². The smallest absolute Gasteiger partial charge is 0.154 e. The summed E-state index contributed by atoms with van der Waals surface area (Å²) in [6.45, 7) is 4.07. The molecule has 5 heteroatoms. The Labute approximate surface area is 101 Å². The Kier molecular flexibility index (Phi) is 2.99. The summed E-state index contributed by atoms with van der Waals surface area (Å²) in [6.07, 6.45) is 1.69. The van der Waals surface area contributed by atoms with Gasteiger partial charge in [0.15, 0.2) is 5.82 Å². The van der Waals surface area contributed by atoms with Gasteiger partial charge in [-0.1, -0.05) is 6.07 Å². The van der Waals surface area contributed by atoms with Gasteiger partial charge in [-0.25, -0.2) is 0 Å². The van der Waals surface area contributed by atoms with E-state index in [2.05, 4.69) is 15.5 Å². The molecule has 5 nitrogen and oxygen atoms in total. The third-order valence-corrected chi connectivity index (χ3v) is 2.71. The monoisotopic (exact) mass is 231 g/mol. The molecule has 17 heavy (non-hydrogen) atoms. The van der Waals surface area contributed by atoms with Crippen LogP contribution in [-0.2, 0) is 7.05 Å². The topological polar surface area (TPSA) is 68.8 Å². The summed E-state index contributed by atoms with van der Waals surface area (Å²) in [5.41, 5.74) is 8.77. The second-order valence-corrected chi connectivity index (χ2v) is 4.26. The van der Waals surface area contributed by atoms with Gasteiger partial charge >= 0.3 is 0 Å². The highest BCUT2D eigenvalue weighted by Crippen LogP contribution is 2.24. The highest BCUT2D eigenvalue weighted by atomic mass is 15.3. The predicted octanol–water partition coefficient (Wildman–Crippen LogP) is 1.88. The average molecular weight is 231 g/mol. The van der Waals surface area contributed by atoms with Crippen LogP contribution in [-0.4, -0.2) is 14.8 Å². The second-order valence-electron chi connectivity index (χ2n) is 4.26. The summed E-state index contributed by atoms with van der Waals surface area (Å²) in [5, 5.41) is 11.3. The van der Waals surface area contributed by atoms with Gasteiger partial charge in [-0.3, -0.25) is 0 Å². The van der Waals surface area contributed by atoms with Crippen LogP contribution in [0.25, 0.3) is 0 Å². The third-order valence-electron chi connectivity index (χ3n) is 2.71. The number of nitrogens with one attached hydrogen (secondary N) is 1. The average Bonchev–Trinajstić information content (AvgIpc) is 2.70. The molecule has 1 atom stereocenters. The molecule has 0 aliphatic rings. The van der Waals surface area contributed by atoms with Crippen LogP contribution in [0.4, 0.5) is 11.4 Å². The van der Waals surface area contributed by atoms with Gasteiger partial charge < -0.3 is 15.6 Å². The largest absolute Gasteiger partial charge is 0.397 e. The van der Waals surface area contributed by atoms with Crippen LogP contribution in [0.3, 0.4) is 0 Å². The van der Waals surface area contributed by atoms with Crippen LogP contribution in [0.5, 0.6) is 0 Å². The third kappa shape index (κ3) is 2.38. The first-order valence-corrected chi connectivity index (χ1v) is 5.54. The van der Waals surface area contributed by atoms with Crippen molar-refractivity contribution in [3.63, 3.8) is 0 Å². The van der Waals surface area contributed by atoms with E-state index in [9.17, 15) is 0 Å². The molecule has 2 aromatic rings. The Morgan fingerprint density at radius 3 is 2.82 bits per heavy atom. The Hall–Kier alpha value is -2.04. The molecule has 0 aliphatic heterocycles. The summed E-state index contributed by atoms with van der Waals surface area (Å²) in [4.78, 5) is 0. The zero-order chi connectivity index (χ0) is 12.4. The van der Waals surface area contributed by atoms with Gasteiger partial charge in [-0.15, -0.1) is 10.2 Å². The second kappa shape index (κ2) is 4.45. The molecule has 1 aromatic carbocycles. The summed E-state index contributed by atoms with van der Waals surface area (Å²) in [7, 11) is 1.92. The fourth-order valence-electron chi connectivity index (χ4n) is 1.78.